The monoisotopic (exact) mass is 323 g/mol. The molecule has 122 valence electrons. The Kier molecular flexibility index (Phi) is 6.17. The highest BCUT2D eigenvalue weighted by molar-refractivity contribution is 7.11. The molecule has 1 N–H and O–H groups in total. The first-order chi connectivity index (χ1) is 10.5. The van der Waals surface area contributed by atoms with Crippen molar-refractivity contribution in [1.82, 2.24) is 4.90 Å². The first kappa shape index (κ1) is 17.2. The van der Waals surface area contributed by atoms with Crippen LogP contribution >= 0.6 is 11.3 Å². The summed E-state index contributed by atoms with van der Waals surface area (Å²) in [5.74, 6) is 0.0641. The Bertz CT molecular complexity index is 514. The lowest BCUT2D eigenvalue weighted by atomic mass is 9.84. The summed E-state index contributed by atoms with van der Waals surface area (Å²) in [6.07, 6.45) is 3.00. The highest BCUT2D eigenvalue weighted by Gasteiger charge is 2.34. The normalized spacial score (nSPS) is 25.0. The molecule has 5 heteroatoms. The maximum atomic E-state index is 12.8. The number of methoxy groups -OCH3 is 1. The van der Waals surface area contributed by atoms with Crippen molar-refractivity contribution in [3.63, 3.8) is 0 Å². The van der Waals surface area contributed by atoms with Crippen LogP contribution in [0.3, 0.4) is 0 Å². The number of rotatable bonds is 6. The van der Waals surface area contributed by atoms with Gasteiger partial charge in [-0.15, -0.1) is 17.9 Å². The molecule has 1 aliphatic carbocycles. The van der Waals surface area contributed by atoms with E-state index < -0.39 is 6.10 Å². The zero-order valence-electron chi connectivity index (χ0n) is 13.3. The Balaban J connectivity index is 2.04. The zero-order chi connectivity index (χ0) is 16.1. The molecule has 0 aliphatic heterocycles. The molecular formula is C17H25NO3S. The lowest BCUT2D eigenvalue weighted by Gasteiger charge is -2.34. The number of aliphatic hydroxyl groups excluding tert-OH is 1. The Morgan fingerprint density at radius 2 is 2.32 bits per heavy atom. The van der Waals surface area contributed by atoms with Gasteiger partial charge in [0.2, 0.25) is 5.91 Å². The topological polar surface area (TPSA) is 49.8 Å². The highest BCUT2D eigenvalue weighted by atomic mass is 32.1. The molecule has 1 fully saturated rings. The van der Waals surface area contributed by atoms with Gasteiger partial charge in [-0.1, -0.05) is 6.08 Å². The minimum atomic E-state index is -0.457. The van der Waals surface area contributed by atoms with E-state index in [1.54, 1.807) is 24.5 Å². The third-order valence-corrected chi connectivity index (χ3v) is 5.20. The number of thiophene rings is 1. The molecule has 0 unspecified atom stereocenters. The highest BCUT2D eigenvalue weighted by Crippen LogP contribution is 2.29. The first-order valence-electron chi connectivity index (χ1n) is 7.71. The van der Waals surface area contributed by atoms with E-state index in [1.165, 1.54) is 9.75 Å². The molecule has 3 atom stereocenters. The van der Waals surface area contributed by atoms with Crippen molar-refractivity contribution in [2.24, 2.45) is 5.92 Å². The SMILES string of the molecule is C=CCN(Cc1ccc(C)s1)C(=O)[C@@H]1CC[C@H](O)[C@H](OC)C1. The van der Waals surface area contributed by atoms with Crippen LogP contribution in [0.2, 0.25) is 0 Å². The molecule has 0 aromatic carbocycles. The van der Waals surface area contributed by atoms with Crippen LogP contribution in [0, 0.1) is 12.8 Å². The summed E-state index contributed by atoms with van der Waals surface area (Å²) in [5, 5.41) is 9.88. The van der Waals surface area contributed by atoms with Crippen molar-refractivity contribution >= 4 is 17.2 Å². The summed E-state index contributed by atoms with van der Waals surface area (Å²) < 4.78 is 5.31. The first-order valence-corrected chi connectivity index (χ1v) is 8.52. The summed E-state index contributed by atoms with van der Waals surface area (Å²) in [7, 11) is 1.59. The Morgan fingerprint density at radius 1 is 1.55 bits per heavy atom. The fourth-order valence-electron chi connectivity index (χ4n) is 3.00. The number of nitrogens with zero attached hydrogens (tertiary/aromatic N) is 1. The molecule has 1 heterocycles. The van der Waals surface area contributed by atoms with E-state index in [0.717, 1.165) is 6.42 Å². The van der Waals surface area contributed by atoms with Crippen molar-refractivity contribution in [2.75, 3.05) is 13.7 Å². The molecule has 1 aliphatic rings. The molecule has 1 saturated carbocycles. The summed E-state index contributed by atoms with van der Waals surface area (Å²) in [5.41, 5.74) is 0. The predicted molar refractivity (Wildman–Crippen MR) is 88.8 cm³/mol. The van der Waals surface area contributed by atoms with Crippen LogP contribution < -0.4 is 0 Å². The molecule has 22 heavy (non-hydrogen) atoms. The molecule has 1 amide bonds. The quantitative estimate of drug-likeness (QED) is 0.819. The summed E-state index contributed by atoms with van der Waals surface area (Å²) in [4.78, 5) is 17.1. The lowest BCUT2D eigenvalue weighted by Crippen LogP contribution is -2.43. The van der Waals surface area contributed by atoms with Gasteiger partial charge in [-0.3, -0.25) is 4.79 Å². The molecule has 0 spiro atoms. The van der Waals surface area contributed by atoms with Gasteiger partial charge < -0.3 is 14.7 Å². The molecule has 1 aromatic rings. The van der Waals surface area contributed by atoms with E-state index in [1.807, 2.05) is 4.90 Å². The van der Waals surface area contributed by atoms with Crippen molar-refractivity contribution in [2.45, 2.75) is 44.9 Å². The van der Waals surface area contributed by atoms with Crippen LogP contribution in [0.5, 0.6) is 0 Å². The fraction of sp³-hybridized carbons (Fsp3) is 0.588. The molecule has 2 rings (SSSR count). The smallest absolute Gasteiger partial charge is 0.226 e. The Hall–Kier alpha value is -1.17. The summed E-state index contributed by atoms with van der Waals surface area (Å²) in [6, 6.07) is 4.15. The van der Waals surface area contributed by atoms with Gasteiger partial charge in [0.1, 0.15) is 0 Å². The summed E-state index contributed by atoms with van der Waals surface area (Å²) in [6.45, 7) is 7.00. The van der Waals surface area contributed by atoms with Crippen LogP contribution in [0.4, 0.5) is 0 Å². The number of aliphatic hydroxyl groups is 1. The van der Waals surface area contributed by atoms with E-state index >= 15 is 0 Å². The summed E-state index contributed by atoms with van der Waals surface area (Å²) >= 11 is 1.72. The van der Waals surface area contributed by atoms with Crippen LogP contribution in [-0.2, 0) is 16.1 Å². The number of ether oxygens (including phenoxy) is 1. The van der Waals surface area contributed by atoms with E-state index in [-0.39, 0.29) is 17.9 Å². The van der Waals surface area contributed by atoms with Crippen molar-refractivity contribution in [1.29, 1.82) is 0 Å². The van der Waals surface area contributed by atoms with E-state index in [9.17, 15) is 9.90 Å². The minimum absolute atomic E-state index is 0.0747. The van der Waals surface area contributed by atoms with Crippen LogP contribution in [0.25, 0.3) is 0 Å². The number of amides is 1. The number of carbonyl (C=O) groups is 1. The van der Waals surface area contributed by atoms with Crippen LogP contribution in [0.15, 0.2) is 24.8 Å². The molecule has 0 bridgehead atoms. The van der Waals surface area contributed by atoms with Crippen LogP contribution in [0.1, 0.15) is 29.0 Å². The maximum Gasteiger partial charge on any atom is 0.226 e. The molecule has 4 nitrogen and oxygen atoms in total. The van der Waals surface area contributed by atoms with Gasteiger partial charge in [-0.2, -0.15) is 0 Å². The van der Waals surface area contributed by atoms with Gasteiger partial charge in [0, 0.05) is 29.3 Å². The standard InChI is InChI=1S/C17H25NO3S/c1-4-9-18(11-14-7-5-12(2)22-14)17(20)13-6-8-15(19)16(10-13)21-3/h4-5,7,13,15-16,19H,1,6,8-11H2,2-3H3/t13-,15+,16-/m1/s1. The average molecular weight is 323 g/mol. The Labute approximate surface area is 136 Å². The second-order valence-electron chi connectivity index (χ2n) is 5.87. The lowest BCUT2D eigenvalue weighted by molar-refractivity contribution is -0.141. The number of aryl methyl sites for hydroxylation is 1. The van der Waals surface area contributed by atoms with Crippen molar-refractivity contribution in [3.05, 3.63) is 34.5 Å². The number of hydrogen-bond donors (Lipinski definition) is 1. The molecular weight excluding hydrogens is 298 g/mol. The zero-order valence-corrected chi connectivity index (χ0v) is 14.1. The second-order valence-corrected chi connectivity index (χ2v) is 7.24. The third kappa shape index (κ3) is 4.18. The second kappa shape index (κ2) is 7.90. The van der Waals surface area contributed by atoms with Gasteiger partial charge >= 0.3 is 0 Å². The maximum absolute atomic E-state index is 12.8. The number of hydrogen-bond acceptors (Lipinski definition) is 4. The Morgan fingerprint density at radius 3 is 2.91 bits per heavy atom. The van der Waals surface area contributed by atoms with Gasteiger partial charge in [-0.25, -0.2) is 0 Å². The van der Waals surface area contributed by atoms with Gasteiger partial charge in [0.05, 0.1) is 18.8 Å². The molecule has 0 radical (unpaired) electrons. The molecule has 1 aromatic heterocycles. The predicted octanol–water partition coefficient (Wildman–Crippen LogP) is 2.75. The number of carbonyl (C=O) groups excluding carboxylic acids is 1. The van der Waals surface area contributed by atoms with E-state index in [0.29, 0.717) is 25.9 Å². The van der Waals surface area contributed by atoms with Gasteiger partial charge in [-0.05, 0) is 38.3 Å². The van der Waals surface area contributed by atoms with Crippen LogP contribution in [-0.4, -0.2) is 41.8 Å². The van der Waals surface area contributed by atoms with E-state index in [2.05, 4.69) is 25.6 Å². The largest absolute Gasteiger partial charge is 0.390 e. The minimum Gasteiger partial charge on any atom is -0.390 e. The fourth-order valence-corrected chi connectivity index (χ4v) is 3.90. The average Bonchev–Trinajstić information content (AvgIpc) is 2.92. The van der Waals surface area contributed by atoms with Gasteiger partial charge in [0.15, 0.2) is 0 Å². The van der Waals surface area contributed by atoms with Crippen molar-refractivity contribution < 1.29 is 14.6 Å². The molecule has 0 saturated heterocycles. The third-order valence-electron chi connectivity index (χ3n) is 4.21. The van der Waals surface area contributed by atoms with Gasteiger partial charge in [0.25, 0.3) is 0 Å². The van der Waals surface area contributed by atoms with Crippen molar-refractivity contribution in [3.8, 4) is 0 Å². The van der Waals surface area contributed by atoms with E-state index in [4.69, 9.17) is 4.74 Å².